The zero-order valence-electron chi connectivity index (χ0n) is 17.7. The summed E-state index contributed by atoms with van der Waals surface area (Å²) in [6, 6.07) is 6.85. The third-order valence-electron chi connectivity index (χ3n) is 6.33. The van der Waals surface area contributed by atoms with E-state index in [1.165, 1.54) is 7.11 Å². The van der Waals surface area contributed by atoms with Crippen molar-refractivity contribution in [3.05, 3.63) is 47.3 Å². The van der Waals surface area contributed by atoms with E-state index < -0.39 is 6.10 Å². The quantitative estimate of drug-likeness (QED) is 0.757. The van der Waals surface area contributed by atoms with Gasteiger partial charge in [-0.25, -0.2) is 14.8 Å². The molecule has 1 saturated carbocycles. The molecule has 1 aliphatic carbocycles. The van der Waals surface area contributed by atoms with Crippen LogP contribution >= 0.6 is 0 Å². The largest absolute Gasteiger partial charge is 0.488 e. The van der Waals surface area contributed by atoms with Crippen molar-refractivity contribution in [3.8, 4) is 5.75 Å². The fourth-order valence-electron chi connectivity index (χ4n) is 4.62. The van der Waals surface area contributed by atoms with Crippen molar-refractivity contribution in [3.63, 3.8) is 0 Å². The van der Waals surface area contributed by atoms with Crippen LogP contribution in [0, 0.1) is 18.8 Å². The summed E-state index contributed by atoms with van der Waals surface area (Å²) in [7, 11) is 1.36. The summed E-state index contributed by atoms with van der Waals surface area (Å²) in [6.07, 6.45) is 3.51. The first-order valence-electron chi connectivity index (χ1n) is 10.6. The Morgan fingerprint density at radius 2 is 1.90 bits per heavy atom. The van der Waals surface area contributed by atoms with E-state index in [1.807, 2.05) is 13.1 Å². The van der Waals surface area contributed by atoms with Crippen LogP contribution in [0.1, 0.15) is 41.4 Å². The summed E-state index contributed by atoms with van der Waals surface area (Å²) in [5.41, 5.74) is 2.69. The summed E-state index contributed by atoms with van der Waals surface area (Å²) >= 11 is 0. The molecule has 1 aromatic carbocycles. The predicted molar refractivity (Wildman–Crippen MR) is 113 cm³/mol. The molecule has 160 valence electrons. The number of hydrogen-bond donors (Lipinski definition) is 1. The maximum absolute atomic E-state index is 11.6. The minimum atomic E-state index is -0.517. The molecule has 7 nitrogen and oxygen atoms in total. The van der Waals surface area contributed by atoms with E-state index in [9.17, 15) is 9.90 Å². The van der Waals surface area contributed by atoms with Gasteiger partial charge in [-0.05, 0) is 67.9 Å². The molecule has 30 heavy (non-hydrogen) atoms. The second-order valence-electron chi connectivity index (χ2n) is 8.29. The van der Waals surface area contributed by atoms with Crippen molar-refractivity contribution < 1.29 is 19.4 Å². The zero-order chi connectivity index (χ0) is 21.3. The fourth-order valence-corrected chi connectivity index (χ4v) is 4.62. The molecule has 2 fully saturated rings. The van der Waals surface area contributed by atoms with Crippen LogP contribution < -0.4 is 9.64 Å². The van der Waals surface area contributed by atoms with Crippen molar-refractivity contribution >= 4 is 11.9 Å². The summed E-state index contributed by atoms with van der Waals surface area (Å²) in [5, 5.41) is 10.7. The van der Waals surface area contributed by atoms with Gasteiger partial charge in [-0.15, -0.1) is 0 Å². The number of fused-ring (bicyclic) bond motifs is 1. The van der Waals surface area contributed by atoms with Crippen LogP contribution in [0.15, 0.2) is 30.5 Å². The van der Waals surface area contributed by atoms with Crippen LogP contribution in [-0.2, 0) is 11.2 Å². The number of aliphatic hydroxyl groups excluding tert-OH is 1. The molecule has 7 heteroatoms. The molecular weight excluding hydrogens is 382 g/mol. The van der Waals surface area contributed by atoms with E-state index in [2.05, 4.69) is 16.8 Å². The van der Waals surface area contributed by atoms with Crippen molar-refractivity contribution in [2.45, 2.75) is 45.3 Å². The highest BCUT2D eigenvalue weighted by Crippen LogP contribution is 2.39. The molecular formula is C23H29N3O4. The monoisotopic (exact) mass is 411 g/mol. The molecule has 2 aromatic rings. The normalized spacial score (nSPS) is 25.7. The number of carbonyl (C=O) groups is 1. The number of aliphatic hydroxyl groups is 1. The number of aromatic nitrogens is 2. The van der Waals surface area contributed by atoms with Crippen molar-refractivity contribution in [1.82, 2.24) is 9.97 Å². The van der Waals surface area contributed by atoms with Crippen molar-refractivity contribution in [1.29, 1.82) is 0 Å². The topological polar surface area (TPSA) is 84.8 Å². The molecule has 4 atom stereocenters. The number of methoxy groups -OCH3 is 1. The summed E-state index contributed by atoms with van der Waals surface area (Å²) in [5.74, 6) is 1.91. The highest BCUT2D eigenvalue weighted by Gasteiger charge is 2.43. The van der Waals surface area contributed by atoms with Gasteiger partial charge in [-0.3, -0.25) is 0 Å². The second kappa shape index (κ2) is 8.60. The maximum Gasteiger partial charge on any atom is 0.337 e. The van der Waals surface area contributed by atoms with Gasteiger partial charge in [-0.2, -0.15) is 0 Å². The Balaban J connectivity index is 1.41. The lowest BCUT2D eigenvalue weighted by Crippen LogP contribution is -2.42. The smallest absolute Gasteiger partial charge is 0.337 e. The van der Waals surface area contributed by atoms with Crippen molar-refractivity contribution in [2.24, 2.45) is 11.8 Å². The van der Waals surface area contributed by atoms with Gasteiger partial charge >= 0.3 is 5.97 Å². The zero-order valence-corrected chi connectivity index (χ0v) is 17.7. The first-order chi connectivity index (χ1) is 14.5. The van der Waals surface area contributed by atoms with Crippen molar-refractivity contribution in [2.75, 3.05) is 25.1 Å². The molecule has 1 N–H and O–H groups in total. The van der Waals surface area contributed by atoms with E-state index >= 15 is 0 Å². The van der Waals surface area contributed by atoms with Crippen LogP contribution in [0.25, 0.3) is 0 Å². The SMILES string of the molecule is CCc1nc(N2C[C@H]3C[C@@H](Oc4ccc(C(=O)OC)cc4)[C@H](O)C[C@H]3C2)ncc1C. The third kappa shape index (κ3) is 4.12. The molecule has 0 radical (unpaired) electrons. The van der Waals surface area contributed by atoms with Gasteiger partial charge in [0.2, 0.25) is 5.95 Å². The second-order valence-corrected chi connectivity index (χ2v) is 8.29. The van der Waals surface area contributed by atoms with Crippen LogP contribution in [0.5, 0.6) is 5.75 Å². The summed E-state index contributed by atoms with van der Waals surface area (Å²) < 4.78 is 10.8. The maximum atomic E-state index is 11.6. The molecule has 1 aromatic heterocycles. The lowest BCUT2D eigenvalue weighted by Gasteiger charge is -2.35. The number of carbonyl (C=O) groups excluding carboxylic acids is 1. The number of esters is 1. The number of benzene rings is 1. The van der Waals surface area contributed by atoms with E-state index in [0.717, 1.165) is 43.1 Å². The highest BCUT2D eigenvalue weighted by molar-refractivity contribution is 5.89. The minimum Gasteiger partial charge on any atom is -0.488 e. The third-order valence-corrected chi connectivity index (χ3v) is 6.33. The summed E-state index contributed by atoms with van der Waals surface area (Å²) in [4.78, 5) is 23.1. The van der Waals surface area contributed by atoms with Gasteiger partial charge in [0, 0.05) is 25.0 Å². The molecule has 2 aliphatic rings. The predicted octanol–water partition coefficient (Wildman–Crippen LogP) is 2.79. The van der Waals surface area contributed by atoms with Gasteiger partial charge < -0.3 is 19.5 Å². The lowest BCUT2D eigenvalue weighted by molar-refractivity contribution is -0.0231. The Bertz CT molecular complexity index is 902. The molecule has 1 saturated heterocycles. The Morgan fingerprint density at radius 1 is 1.20 bits per heavy atom. The highest BCUT2D eigenvalue weighted by atomic mass is 16.5. The number of rotatable bonds is 5. The molecule has 0 amide bonds. The molecule has 0 bridgehead atoms. The average molecular weight is 412 g/mol. The fraction of sp³-hybridized carbons (Fsp3) is 0.522. The van der Waals surface area contributed by atoms with E-state index in [-0.39, 0.29) is 12.1 Å². The standard InChI is InChI=1S/C23H29N3O4/c1-4-19-14(2)11-24-23(25-19)26-12-16-9-20(27)21(10-17(16)13-26)30-18-7-5-15(6-8-18)22(28)29-3/h5-8,11,16-17,20-21,27H,4,9-10,12-13H2,1-3H3/t16-,17+,20+,21+/m0/s1. The number of nitrogens with zero attached hydrogens (tertiary/aromatic N) is 3. The molecule has 2 heterocycles. The van der Waals surface area contributed by atoms with E-state index in [0.29, 0.717) is 29.6 Å². The summed E-state index contributed by atoms with van der Waals surface area (Å²) in [6.45, 7) is 5.90. The molecule has 4 rings (SSSR count). The van der Waals surface area contributed by atoms with Crippen LogP contribution in [0.4, 0.5) is 5.95 Å². The Labute approximate surface area is 177 Å². The molecule has 1 aliphatic heterocycles. The number of ether oxygens (including phenoxy) is 2. The Morgan fingerprint density at radius 3 is 2.57 bits per heavy atom. The van der Waals surface area contributed by atoms with Crippen LogP contribution in [0.2, 0.25) is 0 Å². The molecule has 0 spiro atoms. The van der Waals surface area contributed by atoms with Gasteiger partial charge in [0.25, 0.3) is 0 Å². The van der Waals surface area contributed by atoms with Gasteiger partial charge in [-0.1, -0.05) is 6.92 Å². The first kappa shape index (κ1) is 20.6. The van der Waals surface area contributed by atoms with Crippen LogP contribution in [0.3, 0.4) is 0 Å². The average Bonchev–Trinajstić information content (AvgIpc) is 3.17. The number of anilines is 1. The van der Waals surface area contributed by atoms with Gasteiger partial charge in [0.15, 0.2) is 0 Å². The van der Waals surface area contributed by atoms with Crippen LogP contribution in [-0.4, -0.2) is 53.5 Å². The Hall–Kier alpha value is -2.67. The van der Waals surface area contributed by atoms with E-state index in [1.54, 1.807) is 24.3 Å². The van der Waals surface area contributed by atoms with E-state index in [4.69, 9.17) is 14.5 Å². The first-order valence-corrected chi connectivity index (χ1v) is 10.6. The number of hydrogen-bond acceptors (Lipinski definition) is 7. The van der Waals surface area contributed by atoms with Gasteiger partial charge in [0.1, 0.15) is 11.9 Å². The molecule has 0 unspecified atom stereocenters. The lowest BCUT2D eigenvalue weighted by atomic mass is 9.78. The minimum absolute atomic E-state index is 0.264. The van der Waals surface area contributed by atoms with Gasteiger partial charge in [0.05, 0.1) is 18.8 Å². The number of aryl methyl sites for hydroxylation is 2. The Kier molecular flexibility index (Phi) is 5.90.